The summed E-state index contributed by atoms with van der Waals surface area (Å²) in [5, 5.41) is 2.74. The molecule has 0 fully saturated rings. The smallest absolute Gasteiger partial charge is 0.270 e. The number of rotatable bonds is 4. The van der Waals surface area contributed by atoms with Crippen LogP contribution in [0.25, 0.3) is 0 Å². The zero-order valence-corrected chi connectivity index (χ0v) is 10.1. The molecule has 0 saturated heterocycles. The van der Waals surface area contributed by atoms with Crippen molar-refractivity contribution in [2.24, 2.45) is 0 Å². The lowest BCUT2D eigenvalue weighted by molar-refractivity contribution is 0.0900. The molecular formula is C10H16ClN3O2. The van der Waals surface area contributed by atoms with E-state index in [-0.39, 0.29) is 24.4 Å². The summed E-state index contributed by atoms with van der Waals surface area (Å²) in [6.07, 6.45) is 0. The molecule has 6 heteroatoms. The first-order valence-corrected chi connectivity index (χ1v) is 4.66. The Morgan fingerprint density at radius 1 is 1.62 bits per heavy atom. The van der Waals surface area contributed by atoms with Gasteiger partial charge in [0, 0.05) is 13.2 Å². The highest BCUT2D eigenvalue weighted by Gasteiger charge is 2.10. The molecule has 0 aliphatic carbocycles. The van der Waals surface area contributed by atoms with Crippen LogP contribution in [0.3, 0.4) is 0 Å². The number of carbonyl (C=O) groups excluding carboxylic acids is 1. The number of hydrogen-bond acceptors (Lipinski definition) is 4. The predicted octanol–water partition coefficient (Wildman–Crippen LogP) is 0.850. The van der Waals surface area contributed by atoms with Crippen LogP contribution < -0.4 is 11.1 Å². The van der Waals surface area contributed by atoms with E-state index in [0.717, 1.165) is 0 Å². The number of nitrogens with zero attached hydrogens (tertiary/aromatic N) is 1. The molecular weight excluding hydrogens is 230 g/mol. The summed E-state index contributed by atoms with van der Waals surface area (Å²) in [6, 6.07) is 4.89. The van der Waals surface area contributed by atoms with E-state index in [1.54, 1.807) is 25.3 Å². The second kappa shape index (κ2) is 7.03. The van der Waals surface area contributed by atoms with Crippen LogP contribution in [0.2, 0.25) is 0 Å². The Morgan fingerprint density at radius 2 is 2.31 bits per heavy atom. The fraction of sp³-hybridized carbons (Fsp3) is 0.400. The maximum Gasteiger partial charge on any atom is 0.270 e. The van der Waals surface area contributed by atoms with Crippen LogP contribution in [0.5, 0.6) is 0 Å². The topological polar surface area (TPSA) is 77.2 Å². The fourth-order valence-corrected chi connectivity index (χ4v) is 1.17. The first-order valence-electron chi connectivity index (χ1n) is 4.66. The number of pyridine rings is 1. The lowest BCUT2D eigenvalue weighted by Crippen LogP contribution is -2.36. The van der Waals surface area contributed by atoms with Gasteiger partial charge in [0.2, 0.25) is 0 Å². The van der Waals surface area contributed by atoms with E-state index in [1.807, 2.05) is 6.92 Å². The number of nitrogen functional groups attached to an aromatic ring is 1. The molecule has 1 aromatic heterocycles. The van der Waals surface area contributed by atoms with Crippen molar-refractivity contribution in [2.45, 2.75) is 13.0 Å². The second-order valence-electron chi connectivity index (χ2n) is 3.28. The lowest BCUT2D eigenvalue weighted by Gasteiger charge is -2.12. The summed E-state index contributed by atoms with van der Waals surface area (Å²) in [4.78, 5) is 15.5. The summed E-state index contributed by atoms with van der Waals surface area (Å²) >= 11 is 0. The summed E-state index contributed by atoms with van der Waals surface area (Å²) < 4.78 is 4.90. The molecule has 0 aliphatic rings. The van der Waals surface area contributed by atoms with Crippen LogP contribution in [0.15, 0.2) is 18.2 Å². The third-order valence-corrected chi connectivity index (χ3v) is 1.80. The van der Waals surface area contributed by atoms with Gasteiger partial charge in [-0.2, -0.15) is 0 Å². The Bertz CT molecular complexity index is 347. The van der Waals surface area contributed by atoms with Crippen LogP contribution in [0, 0.1) is 0 Å². The van der Waals surface area contributed by atoms with Crippen LogP contribution in [0.1, 0.15) is 17.4 Å². The van der Waals surface area contributed by atoms with E-state index in [0.29, 0.717) is 18.1 Å². The normalized spacial score (nSPS) is 11.4. The summed E-state index contributed by atoms with van der Waals surface area (Å²) in [7, 11) is 1.58. The number of methoxy groups -OCH3 is 1. The van der Waals surface area contributed by atoms with Gasteiger partial charge in [-0.1, -0.05) is 6.07 Å². The van der Waals surface area contributed by atoms with Crippen molar-refractivity contribution in [3.8, 4) is 0 Å². The molecule has 0 radical (unpaired) electrons. The monoisotopic (exact) mass is 245 g/mol. The van der Waals surface area contributed by atoms with Crippen molar-refractivity contribution < 1.29 is 9.53 Å². The Kier molecular flexibility index (Phi) is 6.44. The third kappa shape index (κ3) is 4.46. The van der Waals surface area contributed by atoms with Gasteiger partial charge in [0.15, 0.2) is 0 Å². The van der Waals surface area contributed by atoms with Gasteiger partial charge >= 0.3 is 0 Å². The standard InChI is InChI=1S/C10H15N3O2.ClH/c1-7(6-15-2)12-10(14)8-4-3-5-9(11)13-8;/h3-5,7H,6H2,1-2H3,(H2,11,13)(H,12,14);1H/t7-;/m1./s1. The number of aromatic nitrogens is 1. The van der Waals surface area contributed by atoms with Gasteiger partial charge in [-0.15, -0.1) is 12.4 Å². The zero-order chi connectivity index (χ0) is 11.3. The molecule has 3 N–H and O–H groups in total. The van der Waals surface area contributed by atoms with E-state index < -0.39 is 0 Å². The molecule has 1 amide bonds. The molecule has 1 aromatic rings. The first-order chi connectivity index (χ1) is 7.13. The van der Waals surface area contributed by atoms with Crippen LogP contribution in [0.4, 0.5) is 5.82 Å². The van der Waals surface area contributed by atoms with Gasteiger partial charge in [-0.05, 0) is 19.1 Å². The van der Waals surface area contributed by atoms with E-state index in [1.165, 1.54) is 0 Å². The molecule has 1 atom stereocenters. The number of hydrogen-bond donors (Lipinski definition) is 2. The lowest BCUT2D eigenvalue weighted by atomic mass is 10.3. The molecule has 90 valence electrons. The van der Waals surface area contributed by atoms with E-state index in [4.69, 9.17) is 10.5 Å². The van der Waals surface area contributed by atoms with Crippen molar-refractivity contribution in [1.82, 2.24) is 10.3 Å². The van der Waals surface area contributed by atoms with Gasteiger partial charge in [0.1, 0.15) is 11.5 Å². The van der Waals surface area contributed by atoms with Gasteiger partial charge in [0.05, 0.1) is 6.61 Å². The minimum Gasteiger partial charge on any atom is -0.384 e. The Balaban J connectivity index is 0.00000225. The highest BCUT2D eigenvalue weighted by Crippen LogP contribution is 2.00. The van der Waals surface area contributed by atoms with Crippen molar-refractivity contribution in [1.29, 1.82) is 0 Å². The van der Waals surface area contributed by atoms with Crippen molar-refractivity contribution in [2.75, 3.05) is 19.5 Å². The number of carbonyl (C=O) groups is 1. The largest absolute Gasteiger partial charge is 0.384 e. The molecule has 1 heterocycles. The minimum atomic E-state index is -0.244. The highest BCUT2D eigenvalue weighted by molar-refractivity contribution is 5.92. The van der Waals surface area contributed by atoms with E-state index >= 15 is 0 Å². The number of halogens is 1. The molecule has 0 saturated carbocycles. The Labute approximate surface area is 101 Å². The zero-order valence-electron chi connectivity index (χ0n) is 9.27. The van der Waals surface area contributed by atoms with Crippen molar-refractivity contribution in [3.63, 3.8) is 0 Å². The molecule has 0 unspecified atom stereocenters. The maximum absolute atomic E-state index is 11.6. The summed E-state index contributed by atoms with van der Waals surface area (Å²) in [5.41, 5.74) is 5.79. The van der Waals surface area contributed by atoms with Gasteiger partial charge in [0.25, 0.3) is 5.91 Å². The van der Waals surface area contributed by atoms with Crippen molar-refractivity contribution in [3.05, 3.63) is 23.9 Å². The second-order valence-corrected chi connectivity index (χ2v) is 3.28. The molecule has 5 nitrogen and oxygen atoms in total. The number of anilines is 1. The summed E-state index contributed by atoms with van der Waals surface area (Å²) in [6.45, 7) is 2.32. The van der Waals surface area contributed by atoms with Crippen LogP contribution >= 0.6 is 12.4 Å². The number of amides is 1. The molecule has 0 spiro atoms. The average molecular weight is 246 g/mol. The number of ether oxygens (including phenoxy) is 1. The first kappa shape index (κ1) is 14.7. The predicted molar refractivity (Wildman–Crippen MR) is 64.7 cm³/mol. The third-order valence-electron chi connectivity index (χ3n) is 1.80. The molecule has 0 aromatic carbocycles. The molecule has 16 heavy (non-hydrogen) atoms. The van der Waals surface area contributed by atoms with Gasteiger partial charge in [-0.25, -0.2) is 4.98 Å². The van der Waals surface area contributed by atoms with Gasteiger partial charge in [-0.3, -0.25) is 4.79 Å². The molecule has 0 aliphatic heterocycles. The molecule has 0 bridgehead atoms. The maximum atomic E-state index is 11.6. The Hall–Kier alpha value is -1.33. The van der Waals surface area contributed by atoms with E-state index in [9.17, 15) is 4.79 Å². The van der Waals surface area contributed by atoms with Crippen LogP contribution in [-0.4, -0.2) is 30.6 Å². The quantitative estimate of drug-likeness (QED) is 0.825. The minimum absolute atomic E-state index is 0. The average Bonchev–Trinajstić information content (AvgIpc) is 2.18. The van der Waals surface area contributed by atoms with Gasteiger partial charge < -0.3 is 15.8 Å². The number of nitrogens with one attached hydrogen (secondary N) is 1. The Morgan fingerprint density at radius 3 is 2.88 bits per heavy atom. The number of nitrogens with two attached hydrogens (primary N) is 1. The van der Waals surface area contributed by atoms with Crippen molar-refractivity contribution >= 4 is 24.1 Å². The fourth-order valence-electron chi connectivity index (χ4n) is 1.17. The molecule has 1 rings (SSSR count). The highest BCUT2D eigenvalue weighted by atomic mass is 35.5. The summed E-state index contributed by atoms with van der Waals surface area (Å²) in [5.74, 6) is 0.0916. The van der Waals surface area contributed by atoms with Crippen LogP contribution in [-0.2, 0) is 4.74 Å². The SMILES string of the molecule is COC[C@@H](C)NC(=O)c1cccc(N)n1.Cl. The van der Waals surface area contributed by atoms with E-state index in [2.05, 4.69) is 10.3 Å².